The lowest BCUT2D eigenvalue weighted by Crippen LogP contribution is -2.31. The maximum Gasteiger partial charge on any atom is 0.150 e. The number of Topliss-reactive ketones (excluding diaryl/α,β-unsaturated/α-hetero) is 1. The van der Waals surface area contributed by atoms with Gasteiger partial charge >= 0.3 is 0 Å². The first kappa shape index (κ1) is 15.2. The molecule has 2 unspecified atom stereocenters. The van der Waals surface area contributed by atoms with Crippen molar-refractivity contribution >= 4 is 15.6 Å². The molecule has 0 N–H and O–H groups in total. The van der Waals surface area contributed by atoms with Crippen LogP contribution in [0, 0.1) is 11.7 Å². The van der Waals surface area contributed by atoms with Crippen molar-refractivity contribution in [3.63, 3.8) is 0 Å². The van der Waals surface area contributed by atoms with E-state index in [9.17, 15) is 17.6 Å². The second kappa shape index (κ2) is 6.04. The van der Waals surface area contributed by atoms with Crippen molar-refractivity contribution in [3.05, 3.63) is 35.6 Å². The highest BCUT2D eigenvalue weighted by Gasteiger charge is 2.32. The minimum Gasteiger partial charge on any atom is -0.299 e. The zero-order valence-electron chi connectivity index (χ0n) is 11.5. The first-order valence-corrected chi connectivity index (χ1v) is 8.78. The van der Waals surface area contributed by atoms with E-state index in [1.165, 1.54) is 12.3 Å². The topological polar surface area (TPSA) is 51.2 Å². The van der Waals surface area contributed by atoms with E-state index in [0.717, 1.165) is 6.42 Å². The van der Waals surface area contributed by atoms with E-state index < -0.39 is 15.1 Å². The molecule has 0 amide bonds. The molecule has 2 atom stereocenters. The van der Waals surface area contributed by atoms with Crippen molar-refractivity contribution < 1.29 is 17.6 Å². The zero-order valence-corrected chi connectivity index (χ0v) is 12.3. The largest absolute Gasteiger partial charge is 0.299 e. The van der Waals surface area contributed by atoms with Crippen LogP contribution in [0.2, 0.25) is 0 Å². The molecule has 0 bridgehead atoms. The quantitative estimate of drug-likeness (QED) is 0.858. The normalized spacial score (nSPS) is 23.5. The molecule has 110 valence electrons. The van der Waals surface area contributed by atoms with E-state index in [4.69, 9.17) is 0 Å². The molecule has 1 aliphatic rings. The lowest BCUT2D eigenvalue weighted by atomic mass is 9.84. The van der Waals surface area contributed by atoms with E-state index in [1.807, 2.05) is 0 Å². The number of benzene rings is 1. The summed E-state index contributed by atoms with van der Waals surface area (Å²) >= 11 is 0. The van der Waals surface area contributed by atoms with Gasteiger partial charge in [-0.1, -0.05) is 24.6 Å². The molecule has 0 heterocycles. The number of carbonyl (C=O) groups is 1. The van der Waals surface area contributed by atoms with Gasteiger partial charge in [0, 0.05) is 18.6 Å². The Labute approximate surface area is 119 Å². The lowest BCUT2D eigenvalue weighted by Gasteiger charge is -2.27. The van der Waals surface area contributed by atoms with Crippen LogP contribution in [0.3, 0.4) is 0 Å². The van der Waals surface area contributed by atoms with Gasteiger partial charge in [-0.3, -0.25) is 4.79 Å². The van der Waals surface area contributed by atoms with Gasteiger partial charge in [0.1, 0.15) is 21.4 Å². The van der Waals surface area contributed by atoms with E-state index in [-0.39, 0.29) is 23.9 Å². The summed E-state index contributed by atoms with van der Waals surface area (Å²) in [6.07, 6.45) is 3.73. The molecule has 1 fully saturated rings. The Morgan fingerprint density at radius 3 is 2.65 bits per heavy atom. The summed E-state index contributed by atoms with van der Waals surface area (Å²) in [7, 11) is -3.10. The molecule has 0 spiro atoms. The fourth-order valence-corrected chi connectivity index (χ4v) is 3.98. The lowest BCUT2D eigenvalue weighted by molar-refractivity contribution is -0.123. The van der Waals surface area contributed by atoms with Crippen molar-refractivity contribution in [2.75, 3.05) is 6.26 Å². The molecule has 20 heavy (non-hydrogen) atoms. The first-order valence-electron chi connectivity index (χ1n) is 6.83. The Morgan fingerprint density at radius 1 is 1.30 bits per heavy atom. The Balaban J connectivity index is 2.04. The van der Waals surface area contributed by atoms with E-state index >= 15 is 0 Å². The predicted octanol–water partition coefficient (Wildman–Crippen LogP) is 2.54. The maximum atomic E-state index is 13.5. The molecule has 1 aromatic carbocycles. The van der Waals surface area contributed by atoms with E-state index in [2.05, 4.69) is 0 Å². The third-order valence-corrected chi connectivity index (χ3v) is 5.65. The smallest absolute Gasteiger partial charge is 0.150 e. The van der Waals surface area contributed by atoms with Crippen molar-refractivity contribution in [2.24, 2.45) is 5.92 Å². The van der Waals surface area contributed by atoms with Crippen molar-refractivity contribution in [1.82, 2.24) is 0 Å². The number of hydrogen-bond donors (Lipinski definition) is 0. The van der Waals surface area contributed by atoms with Gasteiger partial charge in [-0.25, -0.2) is 12.8 Å². The maximum absolute atomic E-state index is 13.5. The standard InChI is InChI=1S/C15H19FO3S/c1-20(18,19)13-7-4-6-12(9-13)15(17)10-11-5-2-3-8-14(11)16/h2-3,5,8,12-13H,4,6-7,9-10H2,1H3. The number of sulfone groups is 1. The van der Waals surface area contributed by atoms with Gasteiger partial charge in [0.25, 0.3) is 0 Å². The Kier molecular flexibility index (Phi) is 4.58. The molecule has 5 heteroatoms. The predicted molar refractivity (Wildman–Crippen MR) is 75.7 cm³/mol. The van der Waals surface area contributed by atoms with Crippen LogP contribution < -0.4 is 0 Å². The van der Waals surface area contributed by atoms with Crippen LogP contribution in [0.25, 0.3) is 0 Å². The van der Waals surface area contributed by atoms with Crippen LogP contribution in [0.4, 0.5) is 4.39 Å². The van der Waals surface area contributed by atoms with Crippen LogP contribution >= 0.6 is 0 Å². The van der Waals surface area contributed by atoms with Crippen LogP contribution in [0.15, 0.2) is 24.3 Å². The second-order valence-electron chi connectivity index (χ2n) is 5.55. The summed E-state index contributed by atoms with van der Waals surface area (Å²) in [6, 6.07) is 6.22. The van der Waals surface area contributed by atoms with Crippen LogP contribution in [0.5, 0.6) is 0 Å². The third kappa shape index (κ3) is 3.66. The highest BCUT2D eigenvalue weighted by Crippen LogP contribution is 2.30. The molecule has 0 radical (unpaired) electrons. The molecule has 0 aliphatic heterocycles. The highest BCUT2D eigenvalue weighted by molar-refractivity contribution is 7.91. The summed E-state index contributed by atoms with van der Waals surface area (Å²) < 4.78 is 36.7. The third-order valence-electron chi connectivity index (χ3n) is 4.01. The Hall–Kier alpha value is -1.23. The second-order valence-corrected chi connectivity index (χ2v) is 7.88. The Bertz CT molecular complexity index is 595. The van der Waals surface area contributed by atoms with Gasteiger partial charge < -0.3 is 0 Å². The molecule has 1 saturated carbocycles. The van der Waals surface area contributed by atoms with Gasteiger partial charge in [-0.15, -0.1) is 0 Å². The van der Waals surface area contributed by atoms with Crippen molar-refractivity contribution in [1.29, 1.82) is 0 Å². The number of halogens is 1. The molecular formula is C15H19FO3S. The monoisotopic (exact) mass is 298 g/mol. The summed E-state index contributed by atoms with van der Waals surface area (Å²) in [5.41, 5.74) is 0.388. The minimum absolute atomic E-state index is 0.0494. The molecule has 1 aromatic rings. The summed E-state index contributed by atoms with van der Waals surface area (Å²) in [6.45, 7) is 0. The van der Waals surface area contributed by atoms with Crippen molar-refractivity contribution in [3.8, 4) is 0 Å². The van der Waals surface area contributed by atoms with Crippen molar-refractivity contribution in [2.45, 2.75) is 37.4 Å². The molecule has 0 saturated heterocycles. The molecule has 1 aliphatic carbocycles. The number of ketones is 1. The average molecular weight is 298 g/mol. The SMILES string of the molecule is CS(=O)(=O)C1CCCC(C(=O)Cc2ccccc2F)C1. The fraction of sp³-hybridized carbons (Fsp3) is 0.533. The zero-order chi connectivity index (χ0) is 14.8. The number of hydrogen-bond acceptors (Lipinski definition) is 3. The van der Waals surface area contributed by atoms with Gasteiger partial charge in [-0.05, 0) is 30.9 Å². The van der Waals surface area contributed by atoms with E-state index in [0.29, 0.717) is 24.8 Å². The summed E-state index contributed by atoms with van der Waals surface area (Å²) in [5, 5.41) is -0.425. The number of carbonyl (C=O) groups excluding carboxylic acids is 1. The first-order chi connectivity index (χ1) is 9.38. The minimum atomic E-state index is -3.10. The fourth-order valence-electron chi connectivity index (χ4n) is 2.80. The molecule has 2 rings (SSSR count). The molecule has 3 nitrogen and oxygen atoms in total. The van der Waals surface area contributed by atoms with Gasteiger partial charge in [0.15, 0.2) is 0 Å². The Morgan fingerprint density at radius 2 is 2.00 bits per heavy atom. The van der Waals surface area contributed by atoms with E-state index in [1.54, 1.807) is 18.2 Å². The summed E-state index contributed by atoms with van der Waals surface area (Å²) in [4.78, 5) is 12.2. The summed E-state index contributed by atoms with van der Waals surface area (Å²) in [5.74, 6) is -0.692. The average Bonchev–Trinajstić information content (AvgIpc) is 2.40. The van der Waals surface area contributed by atoms with Crippen LogP contribution in [-0.4, -0.2) is 25.7 Å². The molecule has 0 aromatic heterocycles. The number of rotatable bonds is 4. The van der Waals surface area contributed by atoms with Crippen LogP contribution in [-0.2, 0) is 21.1 Å². The van der Waals surface area contributed by atoms with Crippen LogP contribution in [0.1, 0.15) is 31.2 Å². The van der Waals surface area contributed by atoms with Gasteiger partial charge in [0.05, 0.1) is 5.25 Å². The molecular weight excluding hydrogens is 279 g/mol. The highest BCUT2D eigenvalue weighted by atomic mass is 32.2. The van der Waals surface area contributed by atoms with Gasteiger partial charge in [0.2, 0.25) is 0 Å². The van der Waals surface area contributed by atoms with Gasteiger partial charge in [-0.2, -0.15) is 0 Å².